The molecule has 0 radical (unpaired) electrons. The number of nitrogens with one attached hydrogen (secondary N) is 1. The van der Waals surface area contributed by atoms with Gasteiger partial charge in [0, 0.05) is 9.35 Å². The first-order valence-electron chi connectivity index (χ1n) is 5.06. The van der Waals surface area contributed by atoms with Gasteiger partial charge in [-0.15, -0.1) is 11.3 Å². The molecular formula is C11H14BrNOS. The Morgan fingerprint density at radius 3 is 3.00 bits per heavy atom. The van der Waals surface area contributed by atoms with Crippen molar-refractivity contribution in [1.82, 2.24) is 5.32 Å². The average Bonchev–Trinajstić information content (AvgIpc) is 2.68. The van der Waals surface area contributed by atoms with Gasteiger partial charge in [-0.3, -0.25) is 0 Å². The van der Waals surface area contributed by atoms with Gasteiger partial charge in [0.1, 0.15) is 11.8 Å². The molecule has 0 saturated carbocycles. The summed E-state index contributed by atoms with van der Waals surface area (Å²) in [7, 11) is 1.97. The van der Waals surface area contributed by atoms with E-state index in [1.54, 1.807) is 11.3 Å². The molecule has 1 unspecified atom stereocenters. The van der Waals surface area contributed by atoms with Crippen LogP contribution in [0.2, 0.25) is 0 Å². The lowest BCUT2D eigenvalue weighted by Gasteiger charge is -2.23. The van der Waals surface area contributed by atoms with E-state index in [1.165, 1.54) is 4.88 Å². The number of halogens is 1. The molecule has 4 heteroatoms. The second kappa shape index (κ2) is 5.14. The van der Waals surface area contributed by atoms with Crippen LogP contribution in [0, 0.1) is 0 Å². The maximum absolute atomic E-state index is 5.69. The van der Waals surface area contributed by atoms with Crippen molar-refractivity contribution in [3.8, 4) is 0 Å². The van der Waals surface area contributed by atoms with E-state index < -0.39 is 0 Å². The topological polar surface area (TPSA) is 21.3 Å². The van der Waals surface area contributed by atoms with E-state index in [2.05, 4.69) is 38.8 Å². The number of hydrogen-bond acceptors (Lipinski definition) is 3. The normalized spacial score (nSPS) is 18.1. The summed E-state index contributed by atoms with van der Waals surface area (Å²) in [5, 5.41) is 5.39. The summed E-state index contributed by atoms with van der Waals surface area (Å²) < 4.78 is 6.85. The summed E-state index contributed by atoms with van der Waals surface area (Å²) in [5.41, 5.74) is 0. The van der Waals surface area contributed by atoms with Crippen molar-refractivity contribution in [2.45, 2.75) is 18.9 Å². The molecule has 0 fully saturated rings. The Morgan fingerprint density at radius 1 is 1.60 bits per heavy atom. The van der Waals surface area contributed by atoms with Crippen LogP contribution >= 0.6 is 27.3 Å². The Hall–Kier alpha value is -0.320. The molecule has 82 valence electrons. The molecule has 0 saturated heterocycles. The minimum absolute atomic E-state index is 0.194. The first kappa shape index (κ1) is 11.2. The van der Waals surface area contributed by atoms with E-state index in [1.807, 2.05) is 7.05 Å². The predicted octanol–water partition coefficient (Wildman–Crippen LogP) is 3.47. The maximum atomic E-state index is 5.69. The van der Waals surface area contributed by atoms with Gasteiger partial charge in [-0.25, -0.2) is 0 Å². The summed E-state index contributed by atoms with van der Waals surface area (Å²) >= 11 is 5.31. The Kier molecular flexibility index (Phi) is 3.83. The summed E-state index contributed by atoms with van der Waals surface area (Å²) in [6.07, 6.45) is 4.44. The van der Waals surface area contributed by atoms with Gasteiger partial charge in [-0.05, 0) is 53.3 Å². The molecule has 0 amide bonds. The smallest absolute Gasteiger partial charge is 0.114 e. The third kappa shape index (κ3) is 2.44. The van der Waals surface area contributed by atoms with E-state index in [0.717, 1.165) is 29.7 Å². The number of allylic oxidation sites excluding steroid dienone is 1. The fourth-order valence-corrected chi connectivity index (χ4v) is 3.41. The zero-order chi connectivity index (χ0) is 10.7. The van der Waals surface area contributed by atoms with E-state index in [-0.39, 0.29) is 6.04 Å². The molecular weight excluding hydrogens is 274 g/mol. The van der Waals surface area contributed by atoms with Crippen LogP contribution in [-0.4, -0.2) is 13.7 Å². The van der Waals surface area contributed by atoms with Crippen LogP contribution in [0.3, 0.4) is 0 Å². The Bertz CT molecular complexity index is 361. The van der Waals surface area contributed by atoms with Crippen LogP contribution < -0.4 is 5.32 Å². The van der Waals surface area contributed by atoms with Crippen molar-refractivity contribution in [2.24, 2.45) is 0 Å². The van der Waals surface area contributed by atoms with E-state index in [9.17, 15) is 0 Å². The Morgan fingerprint density at radius 2 is 2.47 bits per heavy atom. The zero-order valence-electron chi connectivity index (χ0n) is 8.63. The summed E-state index contributed by atoms with van der Waals surface area (Å²) in [6.45, 7) is 0.840. The molecule has 0 aromatic carbocycles. The first-order valence-corrected chi connectivity index (χ1v) is 6.73. The number of ether oxygens (including phenoxy) is 1. The highest BCUT2D eigenvalue weighted by Crippen LogP contribution is 2.34. The maximum Gasteiger partial charge on any atom is 0.114 e. The van der Waals surface area contributed by atoms with Crippen LogP contribution in [0.5, 0.6) is 0 Å². The molecule has 1 atom stereocenters. The third-order valence-electron chi connectivity index (χ3n) is 2.44. The monoisotopic (exact) mass is 287 g/mol. The molecule has 0 spiro atoms. The van der Waals surface area contributed by atoms with Crippen molar-refractivity contribution < 1.29 is 4.74 Å². The highest BCUT2D eigenvalue weighted by Gasteiger charge is 2.21. The second-order valence-electron chi connectivity index (χ2n) is 3.45. The zero-order valence-corrected chi connectivity index (χ0v) is 11.0. The van der Waals surface area contributed by atoms with Gasteiger partial charge >= 0.3 is 0 Å². The van der Waals surface area contributed by atoms with Crippen molar-refractivity contribution in [2.75, 3.05) is 13.7 Å². The fourth-order valence-electron chi connectivity index (χ4n) is 1.69. The number of likely N-dealkylation sites (N-methyl/N-ethyl adjacent to an activating group) is 1. The van der Waals surface area contributed by atoms with Crippen molar-refractivity contribution in [3.05, 3.63) is 32.6 Å². The van der Waals surface area contributed by atoms with E-state index in [0.29, 0.717) is 0 Å². The molecule has 2 nitrogen and oxygen atoms in total. The second-order valence-corrected chi connectivity index (χ2v) is 5.25. The molecule has 2 heterocycles. The highest BCUT2D eigenvalue weighted by molar-refractivity contribution is 9.10. The van der Waals surface area contributed by atoms with Crippen molar-refractivity contribution >= 4 is 27.3 Å². The number of rotatable bonds is 3. The third-order valence-corrected chi connectivity index (χ3v) is 4.38. The summed E-state index contributed by atoms with van der Waals surface area (Å²) in [4.78, 5) is 1.28. The number of hydrogen-bond donors (Lipinski definition) is 1. The molecule has 1 aromatic rings. The van der Waals surface area contributed by atoms with Gasteiger partial charge in [-0.2, -0.15) is 0 Å². The number of thiophene rings is 1. The lowest BCUT2D eigenvalue weighted by molar-refractivity contribution is 0.170. The SMILES string of the molecule is CNC(C1=CCCCO1)c1sccc1Br. The lowest BCUT2D eigenvalue weighted by atomic mass is 10.1. The largest absolute Gasteiger partial charge is 0.496 e. The summed E-state index contributed by atoms with van der Waals surface area (Å²) in [5.74, 6) is 1.06. The molecule has 0 bridgehead atoms. The predicted molar refractivity (Wildman–Crippen MR) is 67.1 cm³/mol. The van der Waals surface area contributed by atoms with Gasteiger partial charge in [-0.1, -0.05) is 0 Å². The van der Waals surface area contributed by atoms with Crippen LogP contribution in [-0.2, 0) is 4.74 Å². The first-order chi connectivity index (χ1) is 7.33. The molecule has 1 aliphatic heterocycles. The minimum Gasteiger partial charge on any atom is -0.496 e. The van der Waals surface area contributed by atoms with E-state index in [4.69, 9.17) is 4.74 Å². The van der Waals surface area contributed by atoms with Crippen LogP contribution in [0.15, 0.2) is 27.8 Å². The fraction of sp³-hybridized carbons (Fsp3) is 0.455. The summed E-state index contributed by atoms with van der Waals surface area (Å²) in [6, 6.07) is 2.27. The van der Waals surface area contributed by atoms with Gasteiger partial charge in [0.2, 0.25) is 0 Å². The van der Waals surface area contributed by atoms with Crippen molar-refractivity contribution in [3.63, 3.8) is 0 Å². The van der Waals surface area contributed by atoms with Crippen LogP contribution in [0.1, 0.15) is 23.8 Å². The average molecular weight is 288 g/mol. The molecule has 1 aromatic heterocycles. The molecule has 2 rings (SSSR count). The van der Waals surface area contributed by atoms with Gasteiger partial charge in [0.15, 0.2) is 0 Å². The quantitative estimate of drug-likeness (QED) is 0.919. The minimum atomic E-state index is 0.194. The Labute approximate surface area is 102 Å². The molecule has 0 aliphatic carbocycles. The van der Waals surface area contributed by atoms with E-state index >= 15 is 0 Å². The molecule has 1 N–H and O–H groups in total. The standard InChI is InChI=1S/C11H14BrNOS/c1-13-10(9-4-2-3-6-14-9)11-8(12)5-7-15-11/h4-5,7,10,13H,2-3,6H2,1H3. The van der Waals surface area contributed by atoms with Gasteiger partial charge in [0.25, 0.3) is 0 Å². The Balaban J connectivity index is 2.24. The van der Waals surface area contributed by atoms with Gasteiger partial charge in [0.05, 0.1) is 6.61 Å². The highest BCUT2D eigenvalue weighted by atomic mass is 79.9. The van der Waals surface area contributed by atoms with Crippen LogP contribution in [0.4, 0.5) is 0 Å². The van der Waals surface area contributed by atoms with Crippen molar-refractivity contribution in [1.29, 1.82) is 0 Å². The molecule has 15 heavy (non-hydrogen) atoms. The van der Waals surface area contributed by atoms with Crippen LogP contribution in [0.25, 0.3) is 0 Å². The van der Waals surface area contributed by atoms with Gasteiger partial charge < -0.3 is 10.1 Å². The lowest BCUT2D eigenvalue weighted by Crippen LogP contribution is -2.21. The molecule has 1 aliphatic rings.